The van der Waals surface area contributed by atoms with E-state index >= 15 is 0 Å². The Bertz CT molecular complexity index is 511. The van der Waals surface area contributed by atoms with E-state index in [1.807, 2.05) is 26.2 Å². The molecule has 2 rings (SSSR count). The molecule has 1 fully saturated rings. The molecular formula is C14H23NO3S2. The summed E-state index contributed by atoms with van der Waals surface area (Å²) >= 11 is 1.67. The molecule has 0 spiro atoms. The quantitative estimate of drug-likeness (QED) is 0.810. The molecule has 0 radical (unpaired) electrons. The van der Waals surface area contributed by atoms with E-state index in [1.54, 1.807) is 15.6 Å². The molecule has 1 saturated heterocycles. The Morgan fingerprint density at radius 2 is 2.25 bits per heavy atom. The third kappa shape index (κ3) is 3.81. The average molecular weight is 317 g/mol. The highest BCUT2D eigenvalue weighted by molar-refractivity contribution is 7.89. The van der Waals surface area contributed by atoms with Crippen molar-refractivity contribution in [2.24, 2.45) is 0 Å². The summed E-state index contributed by atoms with van der Waals surface area (Å²) in [6.07, 6.45) is 0.973. The molecule has 0 N–H and O–H groups in total. The van der Waals surface area contributed by atoms with Crippen LogP contribution in [0.4, 0.5) is 0 Å². The van der Waals surface area contributed by atoms with Crippen LogP contribution in [-0.4, -0.2) is 43.8 Å². The van der Waals surface area contributed by atoms with Crippen LogP contribution in [0, 0.1) is 0 Å². The van der Waals surface area contributed by atoms with Gasteiger partial charge in [-0.3, -0.25) is 0 Å². The van der Waals surface area contributed by atoms with Crippen molar-refractivity contribution < 1.29 is 13.2 Å². The predicted octanol–water partition coefficient (Wildman–Crippen LogP) is 2.68. The number of ether oxygens (including phenoxy) is 1. The predicted molar refractivity (Wildman–Crippen MR) is 82.7 cm³/mol. The number of sulfonamides is 1. The van der Waals surface area contributed by atoms with Crippen molar-refractivity contribution in [3.8, 4) is 0 Å². The zero-order valence-corrected chi connectivity index (χ0v) is 13.9. The molecule has 1 aromatic rings. The van der Waals surface area contributed by atoms with Gasteiger partial charge in [-0.05, 0) is 49.6 Å². The van der Waals surface area contributed by atoms with Crippen LogP contribution < -0.4 is 0 Å². The minimum Gasteiger partial charge on any atom is -0.378 e. The summed E-state index contributed by atoms with van der Waals surface area (Å²) in [5.74, 6) is 0.406. The lowest BCUT2D eigenvalue weighted by Gasteiger charge is -2.21. The van der Waals surface area contributed by atoms with Gasteiger partial charge in [-0.15, -0.1) is 0 Å². The molecule has 0 aromatic carbocycles. The summed E-state index contributed by atoms with van der Waals surface area (Å²) in [6, 6.07) is 2.17. The average Bonchev–Trinajstić information content (AvgIpc) is 2.96. The Kier molecular flexibility index (Phi) is 5.23. The van der Waals surface area contributed by atoms with Crippen LogP contribution in [0.2, 0.25) is 0 Å². The lowest BCUT2D eigenvalue weighted by Crippen LogP contribution is -2.37. The van der Waals surface area contributed by atoms with Crippen LogP contribution in [0.25, 0.3) is 0 Å². The van der Waals surface area contributed by atoms with Gasteiger partial charge in [0.15, 0.2) is 0 Å². The first kappa shape index (κ1) is 15.9. The van der Waals surface area contributed by atoms with E-state index in [4.69, 9.17) is 4.74 Å². The summed E-state index contributed by atoms with van der Waals surface area (Å²) in [5, 5.41) is 4.17. The molecule has 20 heavy (non-hydrogen) atoms. The highest BCUT2D eigenvalue weighted by Gasteiger charge is 2.37. The van der Waals surface area contributed by atoms with Gasteiger partial charge in [0.1, 0.15) is 0 Å². The normalized spacial score (nSPS) is 24.6. The standard InChI is InChI=1S/C14H23NO3S2/c1-11(2)18-5-7-20(16,17)15-9-14(8-12(15)3)13-4-6-19-10-13/h4,6,10-12,14H,5,7-9H2,1-3H3/t12-,14+/m0/s1. The molecule has 1 aromatic heterocycles. The summed E-state index contributed by atoms with van der Waals surface area (Å²) in [6.45, 7) is 6.69. The fourth-order valence-electron chi connectivity index (χ4n) is 2.64. The summed E-state index contributed by atoms with van der Waals surface area (Å²) < 4.78 is 31.8. The second kappa shape index (κ2) is 6.56. The molecule has 0 unspecified atom stereocenters. The largest absolute Gasteiger partial charge is 0.378 e. The second-order valence-electron chi connectivity index (χ2n) is 5.64. The highest BCUT2D eigenvalue weighted by Crippen LogP contribution is 2.34. The molecule has 1 aliphatic rings. The monoisotopic (exact) mass is 317 g/mol. The first-order valence-electron chi connectivity index (χ1n) is 7.03. The number of nitrogens with zero attached hydrogens (tertiary/aromatic N) is 1. The van der Waals surface area contributed by atoms with E-state index in [1.165, 1.54) is 5.56 Å². The van der Waals surface area contributed by atoms with Crippen molar-refractivity contribution in [3.63, 3.8) is 0 Å². The van der Waals surface area contributed by atoms with Crippen molar-refractivity contribution in [2.75, 3.05) is 18.9 Å². The van der Waals surface area contributed by atoms with E-state index in [0.717, 1.165) is 6.42 Å². The molecule has 0 aliphatic carbocycles. The number of rotatable bonds is 6. The van der Waals surface area contributed by atoms with Crippen LogP contribution in [-0.2, 0) is 14.8 Å². The smallest absolute Gasteiger partial charge is 0.216 e. The molecule has 0 saturated carbocycles. The van der Waals surface area contributed by atoms with Gasteiger partial charge in [0.05, 0.1) is 18.5 Å². The van der Waals surface area contributed by atoms with Gasteiger partial charge in [-0.2, -0.15) is 15.6 Å². The van der Waals surface area contributed by atoms with Gasteiger partial charge in [0, 0.05) is 18.5 Å². The maximum Gasteiger partial charge on any atom is 0.216 e. The summed E-state index contributed by atoms with van der Waals surface area (Å²) in [4.78, 5) is 0. The molecule has 4 nitrogen and oxygen atoms in total. The van der Waals surface area contributed by atoms with Gasteiger partial charge in [-0.1, -0.05) is 0 Å². The van der Waals surface area contributed by atoms with Crippen molar-refractivity contribution in [1.29, 1.82) is 0 Å². The molecule has 2 heterocycles. The number of hydrogen-bond acceptors (Lipinski definition) is 4. The molecule has 2 atom stereocenters. The summed E-state index contributed by atoms with van der Waals surface area (Å²) in [5.41, 5.74) is 1.26. The Balaban J connectivity index is 1.98. The Morgan fingerprint density at radius 1 is 1.50 bits per heavy atom. The minimum absolute atomic E-state index is 0.0692. The van der Waals surface area contributed by atoms with Crippen molar-refractivity contribution in [2.45, 2.75) is 45.3 Å². The van der Waals surface area contributed by atoms with E-state index in [-0.39, 0.29) is 24.5 Å². The van der Waals surface area contributed by atoms with Crippen molar-refractivity contribution >= 4 is 21.4 Å². The van der Waals surface area contributed by atoms with Gasteiger partial charge < -0.3 is 4.74 Å². The number of hydrogen-bond donors (Lipinski definition) is 0. The first-order chi connectivity index (χ1) is 9.40. The van der Waals surface area contributed by atoms with Crippen LogP contribution in [0.1, 0.15) is 38.7 Å². The van der Waals surface area contributed by atoms with Crippen LogP contribution in [0.5, 0.6) is 0 Å². The van der Waals surface area contributed by atoms with Gasteiger partial charge in [0.25, 0.3) is 0 Å². The first-order valence-corrected chi connectivity index (χ1v) is 9.58. The molecule has 6 heteroatoms. The molecule has 1 aliphatic heterocycles. The van der Waals surface area contributed by atoms with E-state index in [0.29, 0.717) is 12.5 Å². The zero-order valence-electron chi connectivity index (χ0n) is 12.3. The highest BCUT2D eigenvalue weighted by atomic mass is 32.2. The maximum atomic E-state index is 12.4. The topological polar surface area (TPSA) is 46.6 Å². The Hall–Kier alpha value is -0.430. The lowest BCUT2D eigenvalue weighted by atomic mass is 10.00. The van der Waals surface area contributed by atoms with Crippen LogP contribution in [0.3, 0.4) is 0 Å². The van der Waals surface area contributed by atoms with E-state index in [9.17, 15) is 8.42 Å². The Morgan fingerprint density at radius 3 is 2.85 bits per heavy atom. The third-order valence-corrected chi connectivity index (χ3v) is 6.29. The molecule has 0 bridgehead atoms. The van der Waals surface area contributed by atoms with E-state index < -0.39 is 10.0 Å². The van der Waals surface area contributed by atoms with Crippen molar-refractivity contribution in [3.05, 3.63) is 22.4 Å². The SMILES string of the molecule is CC(C)OCCS(=O)(=O)N1C[C@H](c2ccsc2)C[C@@H]1C. The third-order valence-electron chi connectivity index (χ3n) is 3.68. The fraction of sp³-hybridized carbons (Fsp3) is 0.714. The maximum absolute atomic E-state index is 12.4. The fourth-order valence-corrected chi connectivity index (χ4v) is 4.97. The molecular weight excluding hydrogens is 294 g/mol. The zero-order chi connectivity index (χ0) is 14.8. The molecule has 114 valence electrons. The van der Waals surface area contributed by atoms with Crippen LogP contribution >= 0.6 is 11.3 Å². The van der Waals surface area contributed by atoms with E-state index in [2.05, 4.69) is 11.4 Å². The van der Waals surface area contributed by atoms with Crippen molar-refractivity contribution in [1.82, 2.24) is 4.31 Å². The summed E-state index contributed by atoms with van der Waals surface area (Å²) in [7, 11) is -3.22. The minimum atomic E-state index is -3.22. The Labute approximate surface area is 125 Å². The lowest BCUT2D eigenvalue weighted by molar-refractivity contribution is 0.0906. The van der Waals surface area contributed by atoms with Gasteiger partial charge in [-0.25, -0.2) is 8.42 Å². The molecule has 0 amide bonds. The van der Waals surface area contributed by atoms with Gasteiger partial charge in [0.2, 0.25) is 10.0 Å². The number of thiophene rings is 1. The van der Waals surface area contributed by atoms with Crippen LogP contribution in [0.15, 0.2) is 16.8 Å². The second-order valence-corrected chi connectivity index (χ2v) is 8.46. The van der Waals surface area contributed by atoms with Gasteiger partial charge >= 0.3 is 0 Å².